The van der Waals surface area contributed by atoms with Crippen molar-refractivity contribution < 1.29 is 4.39 Å². The molecule has 112 valence electrons. The van der Waals surface area contributed by atoms with E-state index in [1.807, 2.05) is 13.0 Å². The lowest BCUT2D eigenvalue weighted by atomic mass is 9.96. The molecule has 21 heavy (non-hydrogen) atoms. The molecule has 0 aliphatic carbocycles. The number of hydrogen-bond donors (Lipinski definition) is 1. The van der Waals surface area contributed by atoms with Gasteiger partial charge in [-0.05, 0) is 55.6 Å². The molecule has 3 heteroatoms. The number of aryl methyl sites for hydroxylation is 2. The lowest BCUT2D eigenvalue weighted by Crippen LogP contribution is -2.24. The van der Waals surface area contributed by atoms with E-state index in [2.05, 4.69) is 53.3 Å². The summed E-state index contributed by atoms with van der Waals surface area (Å²) in [7, 11) is 0. The zero-order valence-corrected chi connectivity index (χ0v) is 14.3. The van der Waals surface area contributed by atoms with Crippen LogP contribution in [0.2, 0.25) is 0 Å². The van der Waals surface area contributed by atoms with Crippen molar-refractivity contribution in [3.8, 4) is 0 Å². The van der Waals surface area contributed by atoms with Crippen LogP contribution in [0.15, 0.2) is 40.9 Å². The lowest BCUT2D eigenvalue weighted by molar-refractivity contribution is 0.507. The maximum Gasteiger partial charge on any atom is 0.129 e. The largest absolute Gasteiger partial charge is 0.310 e. The standard InChI is InChI=1S/C18H21BrFN/c1-4-21-17(18-15(19)6-5-7-16(18)20)11-14-9-8-12(2)13(3)10-14/h5-10,17,21H,4,11H2,1-3H3. The van der Waals surface area contributed by atoms with Gasteiger partial charge in [0.15, 0.2) is 0 Å². The fourth-order valence-electron chi connectivity index (χ4n) is 2.53. The molecule has 0 saturated heterocycles. The maximum atomic E-state index is 14.2. The summed E-state index contributed by atoms with van der Waals surface area (Å²) in [6.45, 7) is 7.06. The number of rotatable bonds is 5. The molecule has 0 saturated carbocycles. The van der Waals surface area contributed by atoms with E-state index in [0.29, 0.717) is 5.56 Å². The molecular formula is C18H21BrFN. The van der Waals surface area contributed by atoms with E-state index in [-0.39, 0.29) is 11.9 Å². The van der Waals surface area contributed by atoms with Crippen molar-refractivity contribution in [2.75, 3.05) is 6.54 Å². The van der Waals surface area contributed by atoms with Crippen LogP contribution in [0.3, 0.4) is 0 Å². The summed E-state index contributed by atoms with van der Waals surface area (Å²) in [4.78, 5) is 0. The quantitative estimate of drug-likeness (QED) is 0.791. The van der Waals surface area contributed by atoms with Crippen molar-refractivity contribution in [3.05, 3.63) is 68.9 Å². The van der Waals surface area contributed by atoms with Crippen molar-refractivity contribution in [1.82, 2.24) is 5.32 Å². The molecule has 1 unspecified atom stereocenters. The number of benzene rings is 2. The lowest BCUT2D eigenvalue weighted by Gasteiger charge is -2.21. The second-order valence-electron chi connectivity index (χ2n) is 5.37. The van der Waals surface area contributed by atoms with Crippen LogP contribution in [0.4, 0.5) is 4.39 Å². The molecule has 1 N–H and O–H groups in total. The predicted molar refractivity (Wildman–Crippen MR) is 90.1 cm³/mol. The molecule has 0 heterocycles. The second-order valence-corrected chi connectivity index (χ2v) is 6.22. The van der Waals surface area contributed by atoms with Crippen molar-refractivity contribution in [3.63, 3.8) is 0 Å². The Labute approximate surface area is 134 Å². The first-order valence-electron chi connectivity index (χ1n) is 7.26. The second kappa shape index (κ2) is 7.19. The Bertz CT molecular complexity index is 604. The average molecular weight is 350 g/mol. The first kappa shape index (κ1) is 16.2. The van der Waals surface area contributed by atoms with Crippen LogP contribution < -0.4 is 5.32 Å². The Hall–Kier alpha value is -1.19. The van der Waals surface area contributed by atoms with Crippen LogP contribution >= 0.6 is 15.9 Å². The monoisotopic (exact) mass is 349 g/mol. The summed E-state index contributed by atoms with van der Waals surface area (Å²) in [5, 5.41) is 3.39. The van der Waals surface area contributed by atoms with Gasteiger partial charge in [-0.1, -0.05) is 47.1 Å². The molecule has 2 aromatic rings. The highest BCUT2D eigenvalue weighted by Gasteiger charge is 2.18. The van der Waals surface area contributed by atoms with E-state index in [1.165, 1.54) is 22.8 Å². The fourth-order valence-corrected chi connectivity index (χ4v) is 3.15. The van der Waals surface area contributed by atoms with E-state index in [0.717, 1.165) is 17.4 Å². The summed E-state index contributed by atoms with van der Waals surface area (Å²) >= 11 is 3.48. The fraction of sp³-hybridized carbons (Fsp3) is 0.333. The van der Waals surface area contributed by atoms with Gasteiger partial charge in [0.2, 0.25) is 0 Å². The van der Waals surface area contributed by atoms with Crippen molar-refractivity contribution in [2.24, 2.45) is 0 Å². The number of hydrogen-bond acceptors (Lipinski definition) is 1. The van der Waals surface area contributed by atoms with Crippen LogP contribution in [0.1, 0.15) is 35.2 Å². The topological polar surface area (TPSA) is 12.0 Å². The smallest absolute Gasteiger partial charge is 0.129 e. The molecule has 0 spiro atoms. The first-order valence-corrected chi connectivity index (χ1v) is 8.05. The number of nitrogens with one attached hydrogen (secondary N) is 1. The van der Waals surface area contributed by atoms with E-state index in [1.54, 1.807) is 6.07 Å². The van der Waals surface area contributed by atoms with Gasteiger partial charge in [0.1, 0.15) is 5.82 Å². The molecule has 1 nitrogen and oxygen atoms in total. The molecule has 1 atom stereocenters. The molecule has 0 bridgehead atoms. The van der Waals surface area contributed by atoms with Crippen molar-refractivity contribution in [2.45, 2.75) is 33.2 Å². The van der Waals surface area contributed by atoms with Crippen LogP contribution in [0.5, 0.6) is 0 Å². The Morgan fingerprint density at radius 3 is 2.52 bits per heavy atom. The molecular weight excluding hydrogens is 329 g/mol. The summed E-state index contributed by atoms with van der Waals surface area (Å²) in [6, 6.07) is 11.5. The van der Waals surface area contributed by atoms with Gasteiger partial charge in [-0.25, -0.2) is 4.39 Å². The highest BCUT2D eigenvalue weighted by molar-refractivity contribution is 9.10. The number of halogens is 2. The van der Waals surface area contributed by atoms with Gasteiger partial charge in [0, 0.05) is 16.1 Å². The van der Waals surface area contributed by atoms with Gasteiger partial charge >= 0.3 is 0 Å². The molecule has 2 rings (SSSR count). The Morgan fingerprint density at radius 2 is 1.90 bits per heavy atom. The van der Waals surface area contributed by atoms with Crippen LogP contribution in [0, 0.1) is 19.7 Å². The maximum absolute atomic E-state index is 14.2. The molecule has 0 fully saturated rings. The third kappa shape index (κ3) is 3.92. The van der Waals surface area contributed by atoms with E-state index < -0.39 is 0 Å². The normalized spacial score (nSPS) is 12.4. The zero-order valence-electron chi connectivity index (χ0n) is 12.7. The highest BCUT2D eigenvalue weighted by Crippen LogP contribution is 2.29. The van der Waals surface area contributed by atoms with Gasteiger partial charge in [-0.3, -0.25) is 0 Å². The van der Waals surface area contributed by atoms with E-state index in [4.69, 9.17) is 0 Å². The molecule has 0 aliphatic heterocycles. The van der Waals surface area contributed by atoms with E-state index >= 15 is 0 Å². The molecule has 0 amide bonds. The van der Waals surface area contributed by atoms with Gasteiger partial charge in [0.05, 0.1) is 0 Å². The number of likely N-dealkylation sites (N-methyl/N-ethyl adjacent to an activating group) is 1. The predicted octanol–water partition coefficient (Wildman–Crippen LogP) is 5.10. The third-order valence-corrected chi connectivity index (χ3v) is 4.50. The van der Waals surface area contributed by atoms with Crippen LogP contribution in [0.25, 0.3) is 0 Å². The molecule has 0 aliphatic rings. The van der Waals surface area contributed by atoms with Crippen LogP contribution in [-0.2, 0) is 6.42 Å². The molecule has 2 aromatic carbocycles. The Balaban J connectivity index is 2.33. The minimum Gasteiger partial charge on any atom is -0.310 e. The third-order valence-electron chi connectivity index (χ3n) is 3.81. The SMILES string of the molecule is CCNC(Cc1ccc(C)c(C)c1)c1c(F)cccc1Br. The summed E-state index contributed by atoms with van der Waals surface area (Å²) in [6.07, 6.45) is 0.772. The minimum atomic E-state index is -0.167. The Kier molecular flexibility index (Phi) is 5.54. The van der Waals surface area contributed by atoms with Gasteiger partial charge in [0.25, 0.3) is 0 Å². The molecule has 0 radical (unpaired) electrons. The van der Waals surface area contributed by atoms with Gasteiger partial charge < -0.3 is 5.32 Å². The van der Waals surface area contributed by atoms with Crippen LogP contribution in [-0.4, -0.2) is 6.54 Å². The summed E-state index contributed by atoms with van der Waals surface area (Å²) < 4.78 is 15.0. The van der Waals surface area contributed by atoms with Crippen molar-refractivity contribution >= 4 is 15.9 Å². The highest BCUT2D eigenvalue weighted by atomic mass is 79.9. The van der Waals surface area contributed by atoms with Gasteiger partial charge in [-0.15, -0.1) is 0 Å². The van der Waals surface area contributed by atoms with Crippen molar-refractivity contribution in [1.29, 1.82) is 0 Å². The minimum absolute atomic E-state index is 0.0346. The average Bonchev–Trinajstić information content (AvgIpc) is 2.43. The molecule has 0 aromatic heterocycles. The zero-order chi connectivity index (χ0) is 15.4. The van der Waals surface area contributed by atoms with E-state index in [9.17, 15) is 4.39 Å². The van der Waals surface area contributed by atoms with Gasteiger partial charge in [-0.2, -0.15) is 0 Å². The first-order chi connectivity index (χ1) is 10.0. The Morgan fingerprint density at radius 1 is 1.14 bits per heavy atom. The summed E-state index contributed by atoms with van der Waals surface area (Å²) in [5.74, 6) is -0.167. The summed E-state index contributed by atoms with van der Waals surface area (Å²) in [5.41, 5.74) is 4.48.